The predicted molar refractivity (Wildman–Crippen MR) is 115 cm³/mol. The minimum Gasteiger partial charge on any atom is -0.490 e. The number of hydrogen-bond donors (Lipinski definition) is 1. The van der Waals surface area contributed by atoms with Crippen LogP contribution in [0.1, 0.15) is 48.2 Å². The van der Waals surface area contributed by atoms with Crippen LogP contribution in [0.5, 0.6) is 5.75 Å². The van der Waals surface area contributed by atoms with Crippen LogP contribution in [0.15, 0.2) is 42.5 Å². The molecular formula is C24H29NO5. The standard InChI is InChI=1S/C24H29NO5/c1-16(2)30-21-10-9-19(15-20(21)22(26)28-4)25-23(27)24(11-13-29-14-12-24)18-7-5-17(3)6-8-18/h5-10,15-16H,11-14H2,1-4H3,(H,25,27). The Morgan fingerprint density at radius 3 is 2.33 bits per heavy atom. The van der Waals surface area contributed by atoms with E-state index < -0.39 is 11.4 Å². The fraction of sp³-hybridized carbons (Fsp3) is 0.417. The highest BCUT2D eigenvalue weighted by Crippen LogP contribution is 2.37. The van der Waals surface area contributed by atoms with Gasteiger partial charge < -0.3 is 19.5 Å². The van der Waals surface area contributed by atoms with Gasteiger partial charge in [0.25, 0.3) is 0 Å². The largest absolute Gasteiger partial charge is 0.490 e. The molecule has 1 aliphatic heterocycles. The molecule has 0 unspecified atom stereocenters. The normalized spacial score (nSPS) is 15.5. The lowest BCUT2D eigenvalue weighted by Crippen LogP contribution is -2.44. The number of benzene rings is 2. The van der Waals surface area contributed by atoms with Gasteiger partial charge in [0.15, 0.2) is 0 Å². The van der Waals surface area contributed by atoms with Gasteiger partial charge in [-0.15, -0.1) is 0 Å². The molecule has 1 saturated heterocycles. The number of nitrogens with one attached hydrogen (secondary N) is 1. The maximum atomic E-state index is 13.5. The molecule has 1 N–H and O–H groups in total. The Morgan fingerprint density at radius 1 is 1.07 bits per heavy atom. The summed E-state index contributed by atoms with van der Waals surface area (Å²) < 4.78 is 16.1. The van der Waals surface area contributed by atoms with Crippen molar-refractivity contribution in [1.82, 2.24) is 0 Å². The quantitative estimate of drug-likeness (QED) is 0.719. The van der Waals surface area contributed by atoms with Crippen LogP contribution in [0.2, 0.25) is 0 Å². The Kier molecular flexibility index (Phi) is 6.77. The molecule has 2 aromatic carbocycles. The SMILES string of the molecule is COC(=O)c1cc(NC(=O)C2(c3ccc(C)cc3)CCOCC2)ccc1OC(C)C. The number of aryl methyl sites for hydroxylation is 1. The highest BCUT2D eigenvalue weighted by Gasteiger charge is 2.41. The van der Waals surface area contributed by atoms with E-state index >= 15 is 0 Å². The van der Waals surface area contributed by atoms with Crippen LogP contribution in [-0.2, 0) is 19.7 Å². The molecule has 0 radical (unpaired) electrons. The minimum atomic E-state index is -0.676. The van der Waals surface area contributed by atoms with Gasteiger partial charge in [-0.3, -0.25) is 4.79 Å². The Balaban J connectivity index is 1.92. The molecule has 0 bridgehead atoms. The molecule has 0 saturated carbocycles. The lowest BCUT2D eigenvalue weighted by molar-refractivity contribution is -0.125. The zero-order chi connectivity index (χ0) is 21.7. The number of amides is 1. The Bertz CT molecular complexity index is 898. The number of carbonyl (C=O) groups excluding carboxylic acids is 2. The first-order valence-corrected chi connectivity index (χ1v) is 10.2. The van der Waals surface area contributed by atoms with Gasteiger partial charge >= 0.3 is 5.97 Å². The smallest absolute Gasteiger partial charge is 0.341 e. The topological polar surface area (TPSA) is 73.9 Å². The fourth-order valence-corrected chi connectivity index (χ4v) is 3.72. The zero-order valence-corrected chi connectivity index (χ0v) is 18.0. The second-order valence-corrected chi connectivity index (χ2v) is 7.88. The molecule has 6 nitrogen and oxygen atoms in total. The molecule has 1 amide bonds. The van der Waals surface area contributed by atoms with E-state index in [-0.39, 0.29) is 17.6 Å². The molecule has 1 heterocycles. The van der Waals surface area contributed by atoms with Gasteiger partial charge in [0, 0.05) is 18.9 Å². The number of anilines is 1. The first-order valence-electron chi connectivity index (χ1n) is 10.2. The maximum Gasteiger partial charge on any atom is 0.341 e. The van der Waals surface area contributed by atoms with Crippen LogP contribution in [0, 0.1) is 6.92 Å². The van der Waals surface area contributed by atoms with Crippen LogP contribution in [-0.4, -0.2) is 38.3 Å². The summed E-state index contributed by atoms with van der Waals surface area (Å²) in [5, 5.41) is 3.01. The van der Waals surface area contributed by atoms with Gasteiger partial charge in [0.05, 0.1) is 18.6 Å². The molecule has 1 aliphatic rings. The molecule has 30 heavy (non-hydrogen) atoms. The van der Waals surface area contributed by atoms with E-state index in [1.807, 2.05) is 45.0 Å². The third-order valence-corrected chi connectivity index (χ3v) is 5.39. The molecule has 2 aromatic rings. The number of hydrogen-bond acceptors (Lipinski definition) is 5. The van der Waals surface area contributed by atoms with Gasteiger partial charge in [-0.2, -0.15) is 0 Å². The molecule has 0 spiro atoms. The van der Waals surface area contributed by atoms with Crippen molar-refractivity contribution in [2.45, 2.75) is 45.1 Å². The highest BCUT2D eigenvalue weighted by molar-refractivity contribution is 6.01. The van der Waals surface area contributed by atoms with E-state index in [0.29, 0.717) is 37.5 Å². The van der Waals surface area contributed by atoms with Crippen molar-refractivity contribution in [2.75, 3.05) is 25.6 Å². The summed E-state index contributed by atoms with van der Waals surface area (Å²) in [4.78, 5) is 25.7. The molecular weight excluding hydrogens is 382 g/mol. The average molecular weight is 411 g/mol. The van der Waals surface area contributed by atoms with Crippen molar-refractivity contribution < 1.29 is 23.8 Å². The van der Waals surface area contributed by atoms with Crippen molar-refractivity contribution in [1.29, 1.82) is 0 Å². The van der Waals surface area contributed by atoms with Crippen LogP contribution < -0.4 is 10.1 Å². The van der Waals surface area contributed by atoms with Gasteiger partial charge in [-0.25, -0.2) is 4.79 Å². The molecule has 0 atom stereocenters. The van der Waals surface area contributed by atoms with Gasteiger partial charge in [-0.1, -0.05) is 29.8 Å². The Labute approximate surface area is 177 Å². The Morgan fingerprint density at radius 2 is 1.73 bits per heavy atom. The van der Waals surface area contributed by atoms with E-state index in [9.17, 15) is 9.59 Å². The van der Waals surface area contributed by atoms with E-state index in [1.165, 1.54) is 7.11 Å². The highest BCUT2D eigenvalue weighted by atomic mass is 16.5. The third kappa shape index (κ3) is 4.65. The second-order valence-electron chi connectivity index (χ2n) is 7.88. The molecule has 160 valence electrons. The van der Waals surface area contributed by atoms with Crippen molar-refractivity contribution in [3.63, 3.8) is 0 Å². The van der Waals surface area contributed by atoms with Crippen LogP contribution >= 0.6 is 0 Å². The molecule has 1 fully saturated rings. The summed E-state index contributed by atoms with van der Waals surface area (Å²) >= 11 is 0. The predicted octanol–water partition coefficient (Wildman–Crippen LogP) is 4.26. The first kappa shape index (κ1) is 21.8. The summed E-state index contributed by atoms with van der Waals surface area (Å²) in [7, 11) is 1.32. The summed E-state index contributed by atoms with van der Waals surface area (Å²) in [6, 6.07) is 13.1. The number of rotatable bonds is 6. The third-order valence-electron chi connectivity index (χ3n) is 5.39. The van der Waals surface area contributed by atoms with E-state index in [0.717, 1.165) is 11.1 Å². The summed E-state index contributed by atoms with van der Waals surface area (Å²) in [6.07, 6.45) is 1.10. The summed E-state index contributed by atoms with van der Waals surface area (Å²) in [6.45, 7) is 6.84. The van der Waals surface area contributed by atoms with Crippen molar-refractivity contribution >= 4 is 17.6 Å². The van der Waals surface area contributed by atoms with Crippen LogP contribution in [0.4, 0.5) is 5.69 Å². The number of ether oxygens (including phenoxy) is 3. The van der Waals surface area contributed by atoms with Gasteiger partial charge in [0.2, 0.25) is 5.91 Å². The monoisotopic (exact) mass is 411 g/mol. The van der Waals surface area contributed by atoms with Gasteiger partial charge in [-0.05, 0) is 57.4 Å². The molecule has 6 heteroatoms. The average Bonchev–Trinajstić information content (AvgIpc) is 2.74. The van der Waals surface area contributed by atoms with E-state index in [4.69, 9.17) is 14.2 Å². The van der Waals surface area contributed by atoms with Crippen molar-refractivity contribution in [3.05, 3.63) is 59.2 Å². The minimum absolute atomic E-state index is 0.0964. The van der Waals surface area contributed by atoms with E-state index in [1.54, 1.807) is 18.2 Å². The maximum absolute atomic E-state index is 13.5. The zero-order valence-electron chi connectivity index (χ0n) is 18.0. The van der Waals surface area contributed by atoms with Crippen molar-refractivity contribution in [3.8, 4) is 5.75 Å². The number of carbonyl (C=O) groups is 2. The van der Waals surface area contributed by atoms with Crippen molar-refractivity contribution in [2.24, 2.45) is 0 Å². The summed E-state index contributed by atoms with van der Waals surface area (Å²) in [5.74, 6) is -0.196. The molecule has 0 aliphatic carbocycles. The first-order chi connectivity index (χ1) is 14.4. The lowest BCUT2D eigenvalue weighted by Gasteiger charge is -2.36. The van der Waals surface area contributed by atoms with E-state index in [2.05, 4.69) is 5.32 Å². The lowest BCUT2D eigenvalue weighted by atomic mass is 9.73. The number of esters is 1. The fourth-order valence-electron chi connectivity index (χ4n) is 3.72. The molecule has 0 aromatic heterocycles. The number of methoxy groups -OCH3 is 1. The van der Waals surface area contributed by atoms with Crippen LogP contribution in [0.3, 0.4) is 0 Å². The molecule has 3 rings (SSSR count). The summed E-state index contributed by atoms with van der Waals surface area (Å²) in [5.41, 5.74) is 2.24. The van der Waals surface area contributed by atoms with Crippen LogP contribution in [0.25, 0.3) is 0 Å². The second kappa shape index (κ2) is 9.30. The Hall–Kier alpha value is -2.86. The van der Waals surface area contributed by atoms with Gasteiger partial charge in [0.1, 0.15) is 11.3 Å².